The number of rotatable bonds is 18. The SMILES string of the molecule is CC(C)S(=O)(=O)NCCCCCCCCCCCCCCCC(=O)O. The van der Waals surface area contributed by atoms with Crippen LogP contribution in [0, 0.1) is 0 Å². The van der Waals surface area contributed by atoms with Crippen LogP contribution in [0.4, 0.5) is 0 Å². The summed E-state index contributed by atoms with van der Waals surface area (Å²) in [6.45, 7) is 3.95. The highest BCUT2D eigenvalue weighted by Crippen LogP contribution is 2.13. The van der Waals surface area contributed by atoms with Crippen molar-refractivity contribution in [3.63, 3.8) is 0 Å². The average Bonchev–Trinajstić information content (AvgIpc) is 2.54. The molecule has 150 valence electrons. The molecule has 0 aliphatic heterocycles. The van der Waals surface area contributed by atoms with Crippen molar-refractivity contribution >= 4 is 16.0 Å². The number of carbonyl (C=O) groups is 1. The minimum Gasteiger partial charge on any atom is -0.481 e. The molecule has 0 bridgehead atoms. The molecule has 0 aromatic rings. The van der Waals surface area contributed by atoms with E-state index in [1.807, 2.05) is 0 Å². The first-order valence-corrected chi connectivity index (χ1v) is 11.6. The predicted octanol–water partition coefficient (Wildman–Crippen LogP) is 4.86. The third kappa shape index (κ3) is 16.6. The van der Waals surface area contributed by atoms with Crippen LogP contribution in [0.3, 0.4) is 0 Å². The zero-order chi connectivity index (χ0) is 19.0. The van der Waals surface area contributed by atoms with Gasteiger partial charge in [0.05, 0.1) is 5.25 Å². The lowest BCUT2D eigenvalue weighted by Crippen LogP contribution is -2.31. The third-order valence-electron chi connectivity index (χ3n) is 4.49. The quantitative estimate of drug-likeness (QED) is 0.334. The molecule has 0 rings (SSSR count). The third-order valence-corrected chi connectivity index (χ3v) is 6.34. The van der Waals surface area contributed by atoms with Gasteiger partial charge in [0.15, 0.2) is 0 Å². The van der Waals surface area contributed by atoms with E-state index >= 15 is 0 Å². The summed E-state index contributed by atoms with van der Waals surface area (Å²) < 4.78 is 25.8. The highest BCUT2D eigenvalue weighted by Gasteiger charge is 2.13. The summed E-state index contributed by atoms with van der Waals surface area (Å²) in [4.78, 5) is 10.4. The van der Waals surface area contributed by atoms with Crippen molar-refractivity contribution in [2.45, 2.75) is 109 Å². The fraction of sp³-hybridized carbons (Fsp3) is 0.947. The maximum atomic E-state index is 11.6. The number of nitrogens with one attached hydrogen (secondary N) is 1. The van der Waals surface area contributed by atoms with Crippen molar-refractivity contribution < 1.29 is 18.3 Å². The Hall–Kier alpha value is -0.620. The van der Waals surface area contributed by atoms with Crippen molar-refractivity contribution in [2.24, 2.45) is 0 Å². The standard InChI is InChI=1S/C19H39NO4S/c1-18(2)25(23,24)20-17-15-13-11-9-7-5-3-4-6-8-10-12-14-16-19(21)22/h18,20H,3-17H2,1-2H3,(H,21,22). The van der Waals surface area contributed by atoms with Crippen molar-refractivity contribution in [2.75, 3.05) is 6.54 Å². The number of aliphatic carboxylic acids is 1. The van der Waals surface area contributed by atoms with Gasteiger partial charge in [-0.15, -0.1) is 0 Å². The summed E-state index contributed by atoms with van der Waals surface area (Å²) in [7, 11) is -3.10. The molecule has 0 aromatic heterocycles. The number of carboxylic acids is 1. The molecule has 6 heteroatoms. The van der Waals surface area contributed by atoms with Crippen LogP contribution in [-0.2, 0) is 14.8 Å². The molecule has 0 fully saturated rings. The lowest BCUT2D eigenvalue weighted by molar-refractivity contribution is -0.137. The smallest absolute Gasteiger partial charge is 0.303 e. The molecule has 0 heterocycles. The van der Waals surface area contributed by atoms with E-state index in [0.29, 0.717) is 13.0 Å². The van der Waals surface area contributed by atoms with Crippen molar-refractivity contribution in [3.05, 3.63) is 0 Å². The fourth-order valence-electron chi connectivity index (χ4n) is 2.73. The maximum absolute atomic E-state index is 11.6. The zero-order valence-corrected chi connectivity index (χ0v) is 17.1. The summed E-state index contributed by atoms with van der Waals surface area (Å²) in [5.41, 5.74) is 0. The van der Waals surface area contributed by atoms with E-state index in [0.717, 1.165) is 32.1 Å². The van der Waals surface area contributed by atoms with E-state index in [-0.39, 0.29) is 5.25 Å². The fourth-order valence-corrected chi connectivity index (χ4v) is 3.49. The highest BCUT2D eigenvalue weighted by atomic mass is 32.2. The second-order valence-electron chi connectivity index (χ2n) is 7.23. The van der Waals surface area contributed by atoms with Crippen LogP contribution >= 0.6 is 0 Å². The molecule has 0 aromatic carbocycles. The lowest BCUT2D eigenvalue weighted by atomic mass is 10.0. The Morgan fingerprint density at radius 3 is 1.48 bits per heavy atom. The Kier molecular flexibility index (Phi) is 15.2. The second-order valence-corrected chi connectivity index (χ2v) is 9.55. The highest BCUT2D eigenvalue weighted by molar-refractivity contribution is 7.90. The molecule has 0 radical (unpaired) electrons. The van der Waals surface area contributed by atoms with Crippen LogP contribution in [0.15, 0.2) is 0 Å². The molecule has 0 aliphatic rings. The first kappa shape index (κ1) is 24.4. The number of sulfonamides is 1. The van der Waals surface area contributed by atoms with Crippen molar-refractivity contribution in [1.29, 1.82) is 0 Å². The molecule has 2 N–H and O–H groups in total. The van der Waals surface area contributed by atoms with Gasteiger partial charge >= 0.3 is 5.97 Å². The summed E-state index contributed by atoms with van der Waals surface area (Å²) in [6, 6.07) is 0. The number of unbranched alkanes of at least 4 members (excludes halogenated alkanes) is 12. The van der Waals surface area contributed by atoms with E-state index in [1.165, 1.54) is 51.4 Å². The van der Waals surface area contributed by atoms with Crippen LogP contribution in [0.25, 0.3) is 0 Å². The van der Waals surface area contributed by atoms with Gasteiger partial charge in [0, 0.05) is 13.0 Å². The van der Waals surface area contributed by atoms with E-state index in [4.69, 9.17) is 5.11 Å². The van der Waals surface area contributed by atoms with Gasteiger partial charge in [-0.25, -0.2) is 13.1 Å². The van der Waals surface area contributed by atoms with Crippen molar-refractivity contribution in [1.82, 2.24) is 4.72 Å². The predicted molar refractivity (Wildman–Crippen MR) is 104 cm³/mol. The Balaban J connectivity index is 3.18. The summed E-state index contributed by atoms with van der Waals surface area (Å²) >= 11 is 0. The topological polar surface area (TPSA) is 83.5 Å². The Labute approximate surface area is 155 Å². The molecule has 0 amide bonds. The Morgan fingerprint density at radius 2 is 1.12 bits per heavy atom. The molecular weight excluding hydrogens is 338 g/mol. The minimum absolute atomic E-state index is 0.309. The molecule has 0 saturated heterocycles. The first-order valence-electron chi connectivity index (χ1n) is 10.1. The largest absolute Gasteiger partial charge is 0.481 e. The van der Waals surface area contributed by atoms with E-state index in [2.05, 4.69) is 4.72 Å². The van der Waals surface area contributed by atoms with E-state index < -0.39 is 16.0 Å². The van der Waals surface area contributed by atoms with Gasteiger partial charge in [0.1, 0.15) is 0 Å². The summed E-state index contributed by atoms with van der Waals surface area (Å²) in [5, 5.41) is 8.19. The van der Waals surface area contributed by atoms with E-state index in [1.54, 1.807) is 13.8 Å². The Bertz CT molecular complexity index is 421. The molecule has 0 saturated carbocycles. The van der Waals surface area contributed by atoms with Crippen LogP contribution in [-0.4, -0.2) is 31.3 Å². The van der Waals surface area contributed by atoms with Gasteiger partial charge in [-0.2, -0.15) is 0 Å². The average molecular weight is 378 g/mol. The molecule has 5 nitrogen and oxygen atoms in total. The van der Waals surface area contributed by atoms with Gasteiger partial charge < -0.3 is 5.11 Å². The summed E-state index contributed by atoms with van der Waals surface area (Å²) in [6.07, 6.45) is 15.4. The minimum atomic E-state index is -3.10. The zero-order valence-electron chi connectivity index (χ0n) is 16.3. The molecule has 0 unspecified atom stereocenters. The molecular formula is C19H39NO4S. The second kappa shape index (κ2) is 15.6. The van der Waals surface area contributed by atoms with Gasteiger partial charge in [0.25, 0.3) is 0 Å². The van der Waals surface area contributed by atoms with Crippen LogP contribution in [0.2, 0.25) is 0 Å². The maximum Gasteiger partial charge on any atom is 0.303 e. The van der Waals surface area contributed by atoms with Gasteiger partial charge in [-0.1, -0.05) is 70.6 Å². The van der Waals surface area contributed by atoms with Crippen LogP contribution < -0.4 is 4.72 Å². The van der Waals surface area contributed by atoms with Crippen LogP contribution in [0.5, 0.6) is 0 Å². The molecule has 0 spiro atoms. The van der Waals surface area contributed by atoms with Gasteiger partial charge in [0.2, 0.25) is 10.0 Å². The normalized spacial score (nSPS) is 12.0. The Morgan fingerprint density at radius 1 is 0.760 bits per heavy atom. The van der Waals surface area contributed by atoms with Crippen molar-refractivity contribution in [3.8, 4) is 0 Å². The number of carboxylic acid groups (broad SMARTS) is 1. The number of hydrogen-bond donors (Lipinski definition) is 2. The summed E-state index contributed by atoms with van der Waals surface area (Å²) in [5.74, 6) is -0.683. The van der Waals surface area contributed by atoms with Gasteiger partial charge in [-0.05, 0) is 26.7 Å². The number of hydrogen-bond acceptors (Lipinski definition) is 3. The van der Waals surface area contributed by atoms with Gasteiger partial charge in [-0.3, -0.25) is 4.79 Å². The van der Waals surface area contributed by atoms with Crippen LogP contribution in [0.1, 0.15) is 104 Å². The lowest BCUT2D eigenvalue weighted by Gasteiger charge is -2.09. The molecule has 0 aliphatic carbocycles. The van der Waals surface area contributed by atoms with E-state index in [9.17, 15) is 13.2 Å². The first-order chi connectivity index (χ1) is 11.9. The monoisotopic (exact) mass is 377 g/mol. The molecule has 0 atom stereocenters. The molecule has 25 heavy (non-hydrogen) atoms.